The van der Waals surface area contributed by atoms with Crippen LogP contribution in [0.5, 0.6) is 0 Å². The number of halogens is 3. The summed E-state index contributed by atoms with van der Waals surface area (Å²) in [5.41, 5.74) is 6.68. The lowest BCUT2D eigenvalue weighted by Gasteiger charge is -2.09. The fourth-order valence-corrected chi connectivity index (χ4v) is 3.01. The molecule has 3 aromatic heterocycles. The van der Waals surface area contributed by atoms with Crippen LogP contribution >= 0.6 is 23.2 Å². The minimum atomic E-state index is -0.568. The minimum Gasteiger partial charge on any atom is -0.398 e. The van der Waals surface area contributed by atoms with E-state index in [9.17, 15) is 9.18 Å². The molecule has 30 heavy (non-hydrogen) atoms. The number of carbonyl (C=O) groups excluding carboxylic acids is 1. The molecule has 0 aliphatic carbocycles. The topological polar surface area (TPSA) is 124 Å². The monoisotopic (exact) mass is 444 g/mol. The highest BCUT2D eigenvalue weighted by Gasteiger charge is 2.17. The first-order valence-corrected chi connectivity index (χ1v) is 9.09. The van der Waals surface area contributed by atoms with E-state index >= 15 is 0 Å². The Bertz CT molecular complexity index is 1250. The van der Waals surface area contributed by atoms with Crippen molar-refractivity contribution < 1.29 is 9.18 Å². The van der Waals surface area contributed by atoms with Crippen LogP contribution in [0.3, 0.4) is 0 Å². The Kier molecular flexibility index (Phi) is 5.25. The molecule has 0 fully saturated rings. The second-order valence-electron chi connectivity index (χ2n) is 5.93. The van der Waals surface area contributed by atoms with Gasteiger partial charge in [0.1, 0.15) is 11.0 Å². The van der Waals surface area contributed by atoms with Crippen LogP contribution in [0.25, 0.3) is 17.2 Å². The van der Waals surface area contributed by atoms with E-state index in [1.807, 2.05) is 0 Å². The molecule has 3 N–H and O–H groups in total. The van der Waals surface area contributed by atoms with E-state index in [2.05, 4.69) is 30.5 Å². The molecule has 0 unspecified atom stereocenters. The van der Waals surface area contributed by atoms with Gasteiger partial charge in [0.15, 0.2) is 11.6 Å². The number of aromatic nitrogens is 6. The molecule has 0 aliphatic rings. The number of hydrogen-bond acceptors (Lipinski definition) is 7. The first kappa shape index (κ1) is 19.7. The summed E-state index contributed by atoms with van der Waals surface area (Å²) in [5, 5.41) is 10.6. The van der Waals surface area contributed by atoms with Gasteiger partial charge in [-0.2, -0.15) is 10.2 Å². The molecule has 4 rings (SSSR count). The summed E-state index contributed by atoms with van der Waals surface area (Å²) >= 11 is 12.4. The quantitative estimate of drug-likeness (QED) is 0.364. The van der Waals surface area contributed by atoms with E-state index in [-0.39, 0.29) is 27.3 Å². The maximum Gasteiger partial charge on any atom is 0.260 e. The van der Waals surface area contributed by atoms with Crippen molar-refractivity contribution in [3.63, 3.8) is 0 Å². The number of hydrogen-bond donors (Lipinski definition) is 2. The number of nitrogens with one attached hydrogen (secondary N) is 1. The van der Waals surface area contributed by atoms with Crippen molar-refractivity contribution in [2.24, 2.45) is 0 Å². The van der Waals surface area contributed by atoms with Gasteiger partial charge < -0.3 is 11.1 Å². The third-order valence-electron chi connectivity index (χ3n) is 3.93. The highest BCUT2D eigenvalue weighted by molar-refractivity contribution is 6.33. The Morgan fingerprint density at radius 3 is 2.53 bits per heavy atom. The van der Waals surface area contributed by atoms with E-state index in [4.69, 9.17) is 28.9 Å². The van der Waals surface area contributed by atoms with Gasteiger partial charge in [-0.15, -0.1) is 4.80 Å². The number of amides is 1. The smallest absolute Gasteiger partial charge is 0.260 e. The highest BCUT2D eigenvalue weighted by atomic mass is 35.5. The van der Waals surface area contributed by atoms with Crippen molar-refractivity contribution in [2.75, 3.05) is 11.1 Å². The Labute approximate surface area is 178 Å². The van der Waals surface area contributed by atoms with E-state index in [0.717, 1.165) is 6.07 Å². The second kappa shape index (κ2) is 8.01. The first-order valence-electron chi connectivity index (χ1n) is 8.34. The molecule has 4 aromatic rings. The predicted octanol–water partition coefficient (Wildman–Crippen LogP) is 3.40. The zero-order valence-electron chi connectivity index (χ0n) is 14.9. The first-order chi connectivity index (χ1) is 14.4. The van der Waals surface area contributed by atoms with Gasteiger partial charge in [0.05, 0.1) is 34.9 Å². The van der Waals surface area contributed by atoms with Gasteiger partial charge in [0, 0.05) is 17.4 Å². The van der Waals surface area contributed by atoms with Crippen LogP contribution < -0.4 is 11.1 Å². The second-order valence-corrected chi connectivity index (χ2v) is 6.70. The average Bonchev–Trinajstić information content (AvgIpc) is 3.22. The standard InChI is InChI=1S/C18H11Cl2FN8O/c19-13-6-10(7-24-17(13)29-25-3-4-26-29)27-18(30)12-8-23-16(28-15(12)20)11-2-1-9(21)5-14(11)22/h1-8H,22H2,(H,27,30). The van der Waals surface area contributed by atoms with Crippen molar-refractivity contribution in [1.82, 2.24) is 29.9 Å². The molecule has 0 aliphatic heterocycles. The maximum atomic E-state index is 13.2. The Morgan fingerprint density at radius 2 is 1.87 bits per heavy atom. The lowest BCUT2D eigenvalue weighted by atomic mass is 10.1. The summed E-state index contributed by atoms with van der Waals surface area (Å²) in [5.74, 6) is -0.585. The van der Waals surface area contributed by atoms with E-state index in [1.165, 1.54) is 47.8 Å². The van der Waals surface area contributed by atoms with Crippen molar-refractivity contribution >= 4 is 40.5 Å². The molecule has 1 amide bonds. The van der Waals surface area contributed by atoms with Crippen LogP contribution in [0, 0.1) is 5.82 Å². The van der Waals surface area contributed by atoms with Crippen LogP contribution in [0.15, 0.2) is 49.1 Å². The number of anilines is 2. The minimum absolute atomic E-state index is 0.0232. The molecule has 12 heteroatoms. The van der Waals surface area contributed by atoms with Crippen molar-refractivity contribution in [3.8, 4) is 17.2 Å². The number of nitrogens with zero attached hydrogens (tertiary/aromatic N) is 6. The molecular weight excluding hydrogens is 434 g/mol. The third-order valence-corrected chi connectivity index (χ3v) is 4.50. The zero-order valence-corrected chi connectivity index (χ0v) is 16.4. The molecule has 0 bridgehead atoms. The Morgan fingerprint density at radius 1 is 1.10 bits per heavy atom. The van der Waals surface area contributed by atoms with Crippen molar-refractivity contribution in [1.29, 1.82) is 0 Å². The number of pyridine rings is 1. The molecule has 1 aromatic carbocycles. The summed E-state index contributed by atoms with van der Waals surface area (Å²) in [6, 6.07) is 5.29. The number of rotatable bonds is 4. The van der Waals surface area contributed by atoms with Gasteiger partial charge >= 0.3 is 0 Å². The summed E-state index contributed by atoms with van der Waals surface area (Å²) in [6.07, 6.45) is 5.61. The van der Waals surface area contributed by atoms with E-state index < -0.39 is 11.7 Å². The number of carbonyl (C=O) groups is 1. The fraction of sp³-hybridized carbons (Fsp3) is 0. The molecule has 0 saturated heterocycles. The Balaban J connectivity index is 1.56. The van der Waals surface area contributed by atoms with Crippen LogP contribution in [0.2, 0.25) is 10.2 Å². The number of nitrogen functional groups attached to an aromatic ring is 1. The van der Waals surface area contributed by atoms with Crippen LogP contribution in [0.1, 0.15) is 10.4 Å². The van der Waals surface area contributed by atoms with Gasteiger partial charge in [0.2, 0.25) is 0 Å². The maximum absolute atomic E-state index is 13.2. The van der Waals surface area contributed by atoms with E-state index in [0.29, 0.717) is 17.1 Å². The summed E-state index contributed by atoms with van der Waals surface area (Å²) in [4.78, 5) is 26.2. The van der Waals surface area contributed by atoms with Gasteiger partial charge in [-0.3, -0.25) is 4.79 Å². The summed E-state index contributed by atoms with van der Waals surface area (Å²) < 4.78 is 13.2. The SMILES string of the molecule is Nc1cc(F)ccc1-c1ncc(C(=O)Nc2cnc(-n3nccn3)c(Cl)c2)c(Cl)n1. The number of benzene rings is 1. The third kappa shape index (κ3) is 3.91. The van der Waals surface area contributed by atoms with Gasteiger partial charge in [-0.25, -0.2) is 19.3 Å². The molecule has 0 atom stereocenters. The zero-order chi connectivity index (χ0) is 21.3. The molecule has 9 nitrogen and oxygen atoms in total. The Hall–Kier alpha value is -3.63. The summed E-state index contributed by atoms with van der Waals surface area (Å²) in [7, 11) is 0. The molecule has 3 heterocycles. The predicted molar refractivity (Wildman–Crippen MR) is 109 cm³/mol. The normalized spacial score (nSPS) is 10.8. The molecule has 0 saturated carbocycles. The molecular formula is C18H11Cl2FN8O. The van der Waals surface area contributed by atoms with Gasteiger partial charge in [0.25, 0.3) is 5.91 Å². The van der Waals surface area contributed by atoms with Crippen molar-refractivity contribution in [3.05, 3.63) is 70.6 Å². The molecule has 0 radical (unpaired) electrons. The van der Waals surface area contributed by atoms with Crippen LogP contribution in [-0.2, 0) is 0 Å². The largest absolute Gasteiger partial charge is 0.398 e. The number of nitrogens with two attached hydrogens (primary N) is 1. The average molecular weight is 445 g/mol. The molecule has 0 spiro atoms. The molecule has 150 valence electrons. The van der Waals surface area contributed by atoms with Gasteiger partial charge in [-0.05, 0) is 24.3 Å². The van der Waals surface area contributed by atoms with Crippen LogP contribution in [-0.4, -0.2) is 35.9 Å². The van der Waals surface area contributed by atoms with Crippen LogP contribution in [0.4, 0.5) is 15.8 Å². The highest BCUT2D eigenvalue weighted by Crippen LogP contribution is 2.26. The van der Waals surface area contributed by atoms with Gasteiger partial charge in [-0.1, -0.05) is 23.2 Å². The summed E-state index contributed by atoms with van der Waals surface area (Å²) in [6.45, 7) is 0. The lowest BCUT2D eigenvalue weighted by Crippen LogP contribution is -2.14. The fourth-order valence-electron chi connectivity index (χ4n) is 2.55. The van der Waals surface area contributed by atoms with Crippen molar-refractivity contribution in [2.45, 2.75) is 0 Å². The van der Waals surface area contributed by atoms with E-state index in [1.54, 1.807) is 0 Å². The lowest BCUT2D eigenvalue weighted by molar-refractivity contribution is 0.102.